The summed E-state index contributed by atoms with van der Waals surface area (Å²) in [4.78, 5) is 0. The van der Waals surface area contributed by atoms with Crippen LogP contribution in [-0.4, -0.2) is 0 Å². The van der Waals surface area contributed by atoms with Crippen LogP contribution in [0.5, 0.6) is 0 Å². The molecule has 0 saturated heterocycles. The first kappa shape index (κ1) is 32.0. The minimum atomic E-state index is 0.908. The van der Waals surface area contributed by atoms with Crippen LogP contribution < -0.4 is 0 Å². The Bertz CT molecular complexity index is 307. The van der Waals surface area contributed by atoms with Gasteiger partial charge in [-0.3, -0.25) is 0 Å². The van der Waals surface area contributed by atoms with Crippen LogP contribution in [0.4, 0.5) is 0 Å². The SMILES string of the molecule is [CH2]CC(CCCCCCCCCCCC)CCCCCCCCCCCCCCCCC. The Balaban J connectivity index is 3.25. The van der Waals surface area contributed by atoms with Crippen LogP contribution in [0.3, 0.4) is 0 Å². The average molecular weight is 450 g/mol. The van der Waals surface area contributed by atoms with E-state index in [4.69, 9.17) is 0 Å². The molecule has 0 amide bonds. The second kappa shape index (κ2) is 29.0. The fraction of sp³-hybridized carbons (Fsp3) is 0.969. The summed E-state index contributed by atoms with van der Waals surface area (Å²) < 4.78 is 0. The number of hydrogen-bond donors (Lipinski definition) is 0. The summed E-state index contributed by atoms with van der Waals surface area (Å²) in [5.74, 6) is 0.908. The van der Waals surface area contributed by atoms with Gasteiger partial charge in [0.2, 0.25) is 0 Å². The molecule has 1 atom stereocenters. The molecule has 0 aromatic heterocycles. The lowest BCUT2D eigenvalue weighted by Crippen LogP contribution is -1.99. The van der Waals surface area contributed by atoms with Crippen LogP contribution in [-0.2, 0) is 0 Å². The van der Waals surface area contributed by atoms with E-state index in [-0.39, 0.29) is 0 Å². The maximum Gasteiger partial charge on any atom is -0.0414 e. The fourth-order valence-corrected chi connectivity index (χ4v) is 5.16. The van der Waals surface area contributed by atoms with Crippen LogP contribution >= 0.6 is 0 Å². The van der Waals surface area contributed by atoms with E-state index in [2.05, 4.69) is 20.8 Å². The van der Waals surface area contributed by atoms with Crippen molar-refractivity contribution in [3.63, 3.8) is 0 Å². The average Bonchev–Trinajstić information content (AvgIpc) is 2.81. The van der Waals surface area contributed by atoms with E-state index >= 15 is 0 Å². The van der Waals surface area contributed by atoms with Crippen molar-refractivity contribution in [1.29, 1.82) is 0 Å². The molecule has 1 unspecified atom stereocenters. The van der Waals surface area contributed by atoms with Crippen molar-refractivity contribution in [2.24, 2.45) is 5.92 Å². The Labute approximate surface area is 206 Å². The number of unbranched alkanes of at least 4 members (excludes halogenated alkanes) is 23. The normalized spacial score (nSPS) is 12.5. The molecule has 0 nitrogen and oxygen atoms in total. The molecular weight excluding hydrogens is 384 g/mol. The van der Waals surface area contributed by atoms with Crippen molar-refractivity contribution >= 4 is 0 Å². The van der Waals surface area contributed by atoms with Gasteiger partial charge in [0, 0.05) is 0 Å². The first-order valence-electron chi connectivity index (χ1n) is 15.6. The molecule has 0 heteroatoms. The molecule has 0 aliphatic heterocycles. The molecule has 0 saturated carbocycles. The van der Waals surface area contributed by atoms with Gasteiger partial charge in [0.25, 0.3) is 0 Å². The van der Waals surface area contributed by atoms with E-state index in [1.54, 1.807) is 0 Å². The van der Waals surface area contributed by atoms with E-state index in [1.807, 2.05) is 0 Å². The quantitative estimate of drug-likeness (QED) is 0.104. The molecule has 0 spiro atoms. The molecule has 193 valence electrons. The minimum Gasteiger partial charge on any atom is -0.0654 e. The van der Waals surface area contributed by atoms with Crippen molar-refractivity contribution in [1.82, 2.24) is 0 Å². The Hall–Kier alpha value is 0. The molecule has 32 heavy (non-hydrogen) atoms. The molecule has 0 aromatic carbocycles. The Kier molecular flexibility index (Phi) is 29.0. The third-order valence-electron chi connectivity index (χ3n) is 7.59. The first-order chi connectivity index (χ1) is 15.8. The van der Waals surface area contributed by atoms with Gasteiger partial charge in [0.1, 0.15) is 0 Å². The first-order valence-corrected chi connectivity index (χ1v) is 15.6. The van der Waals surface area contributed by atoms with Gasteiger partial charge in [-0.2, -0.15) is 0 Å². The van der Waals surface area contributed by atoms with E-state index in [0.29, 0.717) is 0 Å². The Morgan fingerprint density at radius 1 is 0.344 bits per heavy atom. The van der Waals surface area contributed by atoms with Crippen LogP contribution in [0, 0.1) is 12.8 Å². The van der Waals surface area contributed by atoms with Crippen LogP contribution in [0.15, 0.2) is 0 Å². The molecule has 0 aliphatic carbocycles. The summed E-state index contributed by atoms with van der Waals surface area (Å²) in [7, 11) is 0. The lowest BCUT2D eigenvalue weighted by atomic mass is 9.92. The lowest BCUT2D eigenvalue weighted by molar-refractivity contribution is 0.404. The summed E-state index contributed by atoms with van der Waals surface area (Å²) in [6.45, 7) is 8.85. The number of hydrogen-bond acceptors (Lipinski definition) is 0. The predicted octanol–water partition coefficient (Wildman–Crippen LogP) is 12.4. The highest BCUT2D eigenvalue weighted by molar-refractivity contribution is 4.62. The maximum atomic E-state index is 4.24. The second-order valence-corrected chi connectivity index (χ2v) is 10.9. The summed E-state index contributed by atoms with van der Waals surface area (Å²) in [6, 6.07) is 0. The molecule has 0 aromatic rings. The van der Waals surface area contributed by atoms with Crippen molar-refractivity contribution in [3.8, 4) is 0 Å². The third-order valence-corrected chi connectivity index (χ3v) is 7.59. The van der Waals surface area contributed by atoms with Crippen molar-refractivity contribution in [2.75, 3.05) is 0 Å². The smallest absolute Gasteiger partial charge is 0.0414 e. The molecule has 0 heterocycles. The van der Waals surface area contributed by atoms with Crippen LogP contribution in [0.2, 0.25) is 0 Å². The summed E-state index contributed by atoms with van der Waals surface area (Å²) >= 11 is 0. The largest absolute Gasteiger partial charge is 0.0654 e. The molecule has 0 rings (SSSR count). The van der Waals surface area contributed by atoms with E-state index in [1.165, 1.54) is 173 Å². The Morgan fingerprint density at radius 3 is 0.781 bits per heavy atom. The molecule has 1 radical (unpaired) electrons. The van der Waals surface area contributed by atoms with Crippen molar-refractivity contribution in [3.05, 3.63) is 6.92 Å². The zero-order valence-corrected chi connectivity index (χ0v) is 23.1. The topological polar surface area (TPSA) is 0 Å². The highest BCUT2D eigenvalue weighted by Crippen LogP contribution is 2.22. The molecule has 0 N–H and O–H groups in total. The summed E-state index contributed by atoms with van der Waals surface area (Å²) in [5, 5.41) is 0. The zero-order valence-electron chi connectivity index (χ0n) is 23.1. The maximum absolute atomic E-state index is 4.24. The molecular formula is C32H65. The van der Waals surface area contributed by atoms with Crippen LogP contribution in [0.1, 0.15) is 194 Å². The molecule has 0 fully saturated rings. The summed E-state index contributed by atoms with van der Waals surface area (Å²) in [6.07, 6.45) is 40.6. The van der Waals surface area contributed by atoms with Gasteiger partial charge in [-0.1, -0.05) is 201 Å². The lowest BCUT2D eigenvalue weighted by Gasteiger charge is -2.14. The third kappa shape index (κ3) is 26.3. The van der Waals surface area contributed by atoms with Gasteiger partial charge in [0.05, 0.1) is 0 Å². The van der Waals surface area contributed by atoms with E-state index in [0.717, 1.165) is 12.3 Å². The predicted molar refractivity (Wildman–Crippen MR) is 149 cm³/mol. The van der Waals surface area contributed by atoms with Gasteiger partial charge in [-0.05, 0) is 5.92 Å². The van der Waals surface area contributed by atoms with E-state index < -0.39 is 0 Å². The fourth-order valence-electron chi connectivity index (χ4n) is 5.16. The van der Waals surface area contributed by atoms with Crippen LogP contribution in [0.25, 0.3) is 0 Å². The highest BCUT2D eigenvalue weighted by atomic mass is 14.1. The molecule has 0 bridgehead atoms. The monoisotopic (exact) mass is 450 g/mol. The van der Waals surface area contributed by atoms with Gasteiger partial charge >= 0.3 is 0 Å². The second-order valence-electron chi connectivity index (χ2n) is 10.9. The standard InChI is InChI=1S/C32H65/c1-4-7-9-11-13-15-17-18-19-20-21-23-25-27-29-31-32(6-3)30-28-26-24-22-16-14-12-10-8-5-2/h32H,3-31H2,1-2H3. The minimum absolute atomic E-state index is 0.908. The van der Waals surface area contributed by atoms with Gasteiger partial charge in [-0.15, -0.1) is 0 Å². The van der Waals surface area contributed by atoms with Gasteiger partial charge < -0.3 is 0 Å². The summed E-state index contributed by atoms with van der Waals surface area (Å²) in [5.41, 5.74) is 0. The van der Waals surface area contributed by atoms with E-state index in [9.17, 15) is 0 Å². The van der Waals surface area contributed by atoms with Crippen molar-refractivity contribution < 1.29 is 0 Å². The zero-order chi connectivity index (χ0) is 23.4. The Morgan fingerprint density at radius 2 is 0.562 bits per heavy atom. The van der Waals surface area contributed by atoms with Gasteiger partial charge in [-0.25, -0.2) is 0 Å². The number of rotatable bonds is 28. The van der Waals surface area contributed by atoms with Crippen molar-refractivity contribution in [2.45, 2.75) is 194 Å². The van der Waals surface area contributed by atoms with Gasteiger partial charge in [0.15, 0.2) is 0 Å². The highest BCUT2D eigenvalue weighted by Gasteiger charge is 2.06. The molecule has 0 aliphatic rings.